The third-order valence-electron chi connectivity index (χ3n) is 12.3. The molecule has 0 saturated carbocycles. The number of esters is 1. The molecule has 65 heavy (non-hydrogen) atoms. The normalized spacial score (nSPS) is 13.7. The van der Waals surface area contributed by atoms with Gasteiger partial charge in [-0.25, -0.2) is 0 Å². The van der Waals surface area contributed by atoms with Gasteiger partial charge in [0.1, 0.15) is 6.10 Å². The highest BCUT2D eigenvalue weighted by atomic mass is 16.5. The second-order valence-corrected chi connectivity index (χ2v) is 18.6. The molecule has 0 bridgehead atoms. The predicted molar refractivity (Wildman–Crippen MR) is 282 cm³/mol. The molecule has 0 radical (unpaired) electrons. The number of aliphatic hydroxyl groups is 2. The molecule has 6 nitrogen and oxygen atoms in total. The van der Waals surface area contributed by atoms with E-state index in [1.807, 2.05) is 12.2 Å². The highest BCUT2D eigenvalue weighted by Crippen LogP contribution is 2.17. The van der Waals surface area contributed by atoms with Crippen LogP contribution in [0.15, 0.2) is 72.9 Å². The van der Waals surface area contributed by atoms with Crippen LogP contribution in [0.1, 0.15) is 265 Å². The topological polar surface area (TPSA) is 95.9 Å². The number of allylic oxidation sites excluding steroid dienone is 11. The van der Waals surface area contributed by atoms with Crippen LogP contribution in [0.2, 0.25) is 0 Å². The Kier molecular flexibility index (Phi) is 50.1. The third kappa shape index (κ3) is 47.6. The van der Waals surface area contributed by atoms with Gasteiger partial charge in [-0.1, -0.05) is 267 Å². The van der Waals surface area contributed by atoms with E-state index in [1.54, 1.807) is 0 Å². The molecule has 3 unspecified atom stereocenters. The van der Waals surface area contributed by atoms with E-state index in [0.29, 0.717) is 19.3 Å². The Morgan fingerprint density at radius 3 is 1.17 bits per heavy atom. The van der Waals surface area contributed by atoms with E-state index < -0.39 is 18.2 Å². The molecular weight excluding hydrogens is 803 g/mol. The number of nitrogens with one attached hydrogen (secondary N) is 1. The van der Waals surface area contributed by atoms with Crippen molar-refractivity contribution in [1.29, 1.82) is 0 Å². The Morgan fingerprint density at radius 2 is 0.800 bits per heavy atom. The lowest BCUT2D eigenvalue weighted by molar-refractivity contribution is -0.148. The molecule has 1 amide bonds. The number of amides is 1. The molecule has 0 aromatic carbocycles. The number of aliphatic hydroxyl groups excluding tert-OH is 2. The Balaban J connectivity index is 4.73. The quantitative estimate of drug-likeness (QED) is 0.0321. The van der Waals surface area contributed by atoms with E-state index in [4.69, 9.17) is 4.74 Å². The van der Waals surface area contributed by atoms with Crippen LogP contribution in [-0.4, -0.2) is 46.9 Å². The summed E-state index contributed by atoms with van der Waals surface area (Å²) >= 11 is 0. The molecule has 6 heteroatoms. The minimum atomic E-state index is -0.821. The lowest BCUT2D eigenvalue weighted by atomic mass is 10.0. The lowest BCUT2D eigenvalue weighted by Crippen LogP contribution is -2.46. The second kappa shape index (κ2) is 52.3. The molecule has 0 saturated heterocycles. The van der Waals surface area contributed by atoms with Gasteiger partial charge in [-0.3, -0.25) is 9.59 Å². The summed E-state index contributed by atoms with van der Waals surface area (Å²) in [5.74, 6) is -0.623. The van der Waals surface area contributed by atoms with Crippen molar-refractivity contribution < 1.29 is 24.5 Å². The number of ether oxygens (including phenoxy) is 1. The molecule has 0 aliphatic carbocycles. The summed E-state index contributed by atoms with van der Waals surface area (Å²) in [5, 5.41) is 23.8. The Labute approximate surface area is 402 Å². The van der Waals surface area contributed by atoms with E-state index in [9.17, 15) is 19.8 Å². The SMILES string of the molecule is CC/C=C\C/C=C\C/C=C\C/C=C\C/C=C\C/C=C\C(CC(=O)NC(CO)C(O)CCCCCCCCCCCCCCCC)OC(=O)CCCCCCCCCCCCCCCCC. The predicted octanol–water partition coefficient (Wildman–Crippen LogP) is 17.0. The van der Waals surface area contributed by atoms with Gasteiger partial charge in [0.2, 0.25) is 5.91 Å². The van der Waals surface area contributed by atoms with Gasteiger partial charge >= 0.3 is 5.97 Å². The van der Waals surface area contributed by atoms with Crippen LogP contribution in [0, 0.1) is 0 Å². The molecule has 0 spiro atoms. The minimum absolute atomic E-state index is 0.0468. The van der Waals surface area contributed by atoms with E-state index in [2.05, 4.69) is 86.8 Å². The maximum atomic E-state index is 13.2. The van der Waals surface area contributed by atoms with Crippen molar-refractivity contribution >= 4 is 11.9 Å². The number of unbranched alkanes of at least 4 members (excludes halogenated alkanes) is 27. The zero-order valence-corrected chi connectivity index (χ0v) is 42.9. The molecule has 0 rings (SSSR count). The molecular formula is C59H105NO5. The summed E-state index contributed by atoms with van der Waals surface area (Å²) in [5.41, 5.74) is 0. The van der Waals surface area contributed by atoms with Crippen molar-refractivity contribution in [2.45, 2.75) is 283 Å². The lowest BCUT2D eigenvalue weighted by Gasteiger charge is -2.23. The van der Waals surface area contributed by atoms with Crippen LogP contribution in [-0.2, 0) is 14.3 Å². The van der Waals surface area contributed by atoms with Crippen LogP contribution < -0.4 is 5.32 Å². The van der Waals surface area contributed by atoms with Crippen molar-refractivity contribution in [1.82, 2.24) is 5.32 Å². The average Bonchev–Trinajstić information content (AvgIpc) is 3.30. The Hall–Kier alpha value is -2.70. The third-order valence-corrected chi connectivity index (χ3v) is 12.3. The first kappa shape index (κ1) is 62.3. The van der Waals surface area contributed by atoms with E-state index in [-0.39, 0.29) is 24.9 Å². The van der Waals surface area contributed by atoms with E-state index >= 15 is 0 Å². The fourth-order valence-electron chi connectivity index (χ4n) is 8.13. The molecule has 0 aromatic rings. The zero-order chi connectivity index (χ0) is 47.4. The number of hydrogen-bond acceptors (Lipinski definition) is 5. The largest absolute Gasteiger partial charge is 0.458 e. The van der Waals surface area contributed by atoms with Crippen LogP contribution in [0.5, 0.6) is 0 Å². The van der Waals surface area contributed by atoms with Gasteiger partial charge in [0.15, 0.2) is 0 Å². The van der Waals surface area contributed by atoms with Crippen LogP contribution in [0.25, 0.3) is 0 Å². The molecule has 0 aliphatic heterocycles. The van der Waals surface area contributed by atoms with Crippen LogP contribution in [0.3, 0.4) is 0 Å². The van der Waals surface area contributed by atoms with Gasteiger partial charge < -0.3 is 20.3 Å². The molecule has 0 heterocycles. The van der Waals surface area contributed by atoms with Gasteiger partial charge in [0.25, 0.3) is 0 Å². The van der Waals surface area contributed by atoms with Crippen molar-refractivity contribution in [3.63, 3.8) is 0 Å². The second-order valence-electron chi connectivity index (χ2n) is 18.6. The zero-order valence-electron chi connectivity index (χ0n) is 42.9. The molecule has 3 N–H and O–H groups in total. The maximum absolute atomic E-state index is 13.2. The first-order chi connectivity index (χ1) is 32.0. The van der Waals surface area contributed by atoms with Crippen molar-refractivity contribution in [2.75, 3.05) is 6.61 Å². The van der Waals surface area contributed by atoms with Gasteiger partial charge in [-0.15, -0.1) is 0 Å². The van der Waals surface area contributed by atoms with Crippen LogP contribution >= 0.6 is 0 Å². The van der Waals surface area contributed by atoms with Crippen molar-refractivity contribution in [3.8, 4) is 0 Å². The highest BCUT2D eigenvalue weighted by molar-refractivity contribution is 5.78. The highest BCUT2D eigenvalue weighted by Gasteiger charge is 2.23. The summed E-state index contributed by atoms with van der Waals surface area (Å²) in [7, 11) is 0. The maximum Gasteiger partial charge on any atom is 0.306 e. The monoisotopic (exact) mass is 908 g/mol. The van der Waals surface area contributed by atoms with Gasteiger partial charge in [-0.05, 0) is 57.4 Å². The van der Waals surface area contributed by atoms with Gasteiger partial charge in [0.05, 0.1) is 25.2 Å². The van der Waals surface area contributed by atoms with Crippen LogP contribution in [0.4, 0.5) is 0 Å². The molecule has 0 aromatic heterocycles. The minimum Gasteiger partial charge on any atom is -0.458 e. The van der Waals surface area contributed by atoms with E-state index in [1.165, 1.54) is 148 Å². The number of rotatable bonds is 49. The molecule has 3 atom stereocenters. The fourth-order valence-corrected chi connectivity index (χ4v) is 8.13. The molecule has 376 valence electrons. The first-order valence-corrected chi connectivity index (χ1v) is 27.7. The Morgan fingerprint density at radius 1 is 0.462 bits per heavy atom. The average molecular weight is 908 g/mol. The summed E-state index contributed by atoms with van der Waals surface area (Å²) in [6.45, 7) is 6.35. The van der Waals surface area contributed by atoms with Gasteiger partial charge in [0, 0.05) is 6.42 Å². The molecule has 0 fully saturated rings. The summed E-state index contributed by atoms with van der Waals surface area (Å²) < 4.78 is 5.84. The first-order valence-electron chi connectivity index (χ1n) is 27.7. The fraction of sp³-hybridized carbons (Fsp3) is 0.763. The summed E-state index contributed by atoms with van der Waals surface area (Å²) in [4.78, 5) is 26.2. The number of carbonyl (C=O) groups excluding carboxylic acids is 2. The Bertz CT molecular complexity index is 1200. The smallest absolute Gasteiger partial charge is 0.306 e. The number of hydrogen-bond donors (Lipinski definition) is 3. The van der Waals surface area contributed by atoms with Crippen molar-refractivity contribution in [3.05, 3.63) is 72.9 Å². The van der Waals surface area contributed by atoms with Gasteiger partial charge in [-0.2, -0.15) is 0 Å². The van der Waals surface area contributed by atoms with Crippen molar-refractivity contribution in [2.24, 2.45) is 0 Å². The molecule has 0 aliphatic rings. The van der Waals surface area contributed by atoms with E-state index in [0.717, 1.165) is 70.6 Å². The standard InChI is InChI=1S/C59H105NO5/c1-4-7-10-13-16-19-22-25-28-29-31-32-35-38-41-44-47-50-55(65-59(64)52-49-46-43-40-37-34-30-26-23-20-17-14-11-8-5-2)53-58(63)60-56(54-61)57(62)51-48-45-42-39-36-33-27-24-21-18-15-12-9-6-3/h7,10,16,19,25,28,31-32,38,41,47,50,55-57,61-62H,4-6,8-9,11-15,17-18,20-24,26-27,29-30,33-37,39-40,42-46,48-49,51-54H2,1-3H3,(H,60,63)/b10-7-,19-16-,28-25-,32-31-,41-38-,50-47-. The number of carbonyl (C=O) groups is 2. The summed E-state index contributed by atoms with van der Waals surface area (Å²) in [6, 6.07) is -0.744. The summed E-state index contributed by atoms with van der Waals surface area (Å²) in [6.07, 6.45) is 67.1.